The number of nitrogens with one attached hydrogen (secondary N) is 1. The third-order valence-electron chi connectivity index (χ3n) is 3.65. The molecule has 0 unspecified atom stereocenters. The number of hydrogen-bond donors (Lipinski definition) is 1. The molecule has 3 rings (SSSR count). The minimum atomic E-state index is 0.574. The normalized spacial score (nSPS) is 21.1. The van der Waals surface area contributed by atoms with Crippen LogP contribution in [0.5, 0.6) is 0 Å². The van der Waals surface area contributed by atoms with E-state index < -0.39 is 0 Å². The van der Waals surface area contributed by atoms with Gasteiger partial charge in [-0.25, -0.2) is 5.43 Å². The predicted molar refractivity (Wildman–Crippen MR) is 83.1 cm³/mol. The Labute approximate surface area is 131 Å². The van der Waals surface area contributed by atoms with Crippen molar-refractivity contribution in [1.29, 1.82) is 0 Å². The molecule has 0 bridgehead atoms. The van der Waals surface area contributed by atoms with Gasteiger partial charge >= 0.3 is 0 Å². The number of piperidine rings is 1. The van der Waals surface area contributed by atoms with E-state index >= 15 is 0 Å². The molecule has 0 saturated carbocycles. The number of halogens is 1. The summed E-state index contributed by atoms with van der Waals surface area (Å²) < 4.78 is 0.646. The smallest absolute Gasteiger partial charge is 0.190 e. The zero-order chi connectivity index (χ0) is 13.9. The lowest BCUT2D eigenvalue weighted by Gasteiger charge is -2.35. The van der Waals surface area contributed by atoms with Gasteiger partial charge in [0.05, 0.1) is 16.3 Å². The molecule has 7 heteroatoms. The molecule has 1 N–H and O–H groups in total. The van der Waals surface area contributed by atoms with Crippen LogP contribution in [0, 0.1) is 5.21 Å². The largest absolute Gasteiger partial charge is 0.569 e. The van der Waals surface area contributed by atoms with Crippen molar-refractivity contribution in [2.75, 3.05) is 13.1 Å². The van der Waals surface area contributed by atoms with E-state index in [-0.39, 0.29) is 0 Å². The van der Waals surface area contributed by atoms with Crippen LogP contribution in [0.25, 0.3) is 0 Å². The molecule has 1 saturated heterocycles. The topological polar surface area (TPSA) is 56.9 Å². The molecule has 0 atom stereocenters. The maximum Gasteiger partial charge on any atom is 0.190 e. The van der Waals surface area contributed by atoms with Gasteiger partial charge in [-0.1, -0.05) is 30.3 Å². The van der Waals surface area contributed by atoms with Crippen molar-refractivity contribution in [3.63, 3.8) is 0 Å². The van der Waals surface area contributed by atoms with E-state index in [0.29, 0.717) is 14.6 Å². The van der Waals surface area contributed by atoms with Crippen LogP contribution < -0.4 is 5.43 Å². The molecule has 2 aliphatic rings. The summed E-state index contributed by atoms with van der Waals surface area (Å²) >= 11 is 2.01. The first-order valence-electron chi connectivity index (χ1n) is 6.64. The van der Waals surface area contributed by atoms with E-state index in [0.717, 1.165) is 25.9 Å². The highest BCUT2D eigenvalue weighted by Gasteiger charge is 2.30. The fraction of sp³-hybridized carbons (Fsp3) is 0.385. The van der Waals surface area contributed by atoms with Gasteiger partial charge in [-0.15, -0.1) is 5.01 Å². The summed E-state index contributed by atoms with van der Waals surface area (Å²) in [6.07, 6.45) is 3.80. The van der Waals surface area contributed by atoms with Crippen molar-refractivity contribution >= 4 is 22.6 Å². The Morgan fingerprint density at radius 1 is 1.25 bits per heavy atom. The maximum atomic E-state index is 11.8. The van der Waals surface area contributed by atoms with E-state index in [9.17, 15) is 5.21 Å². The van der Waals surface area contributed by atoms with Gasteiger partial charge in [0, 0.05) is 18.3 Å². The summed E-state index contributed by atoms with van der Waals surface area (Å²) in [5.41, 5.74) is 4.34. The highest BCUT2D eigenvalue weighted by molar-refractivity contribution is 14.1. The first-order chi connectivity index (χ1) is 9.74. The molecule has 20 heavy (non-hydrogen) atoms. The zero-order valence-corrected chi connectivity index (χ0v) is 13.1. The van der Waals surface area contributed by atoms with E-state index in [2.05, 4.69) is 34.8 Å². The molecular formula is C13H16IN5O. The number of nitrogens with zero attached hydrogens (tertiary/aromatic N) is 4. The number of benzene rings is 1. The maximum absolute atomic E-state index is 11.8. The van der Waals surface area contributed by atoms with Crippen molar-refractivity contribution in [1.82, 2.24) is 15.7 Å². The standard InChI is InChI=1S/C13H16IN5O/c14-13-10-15-18(19(20)16-13)17-8-6-12(7-9-17)11-4-2-1-3-5-11/h1-5,10,12,15H,6-9H2. The Hall–Kier alpha value is -1.35. The molecule has 6 nitrogen and oxygen atoms in total. The van der Waals surface area contributed by atoms with Crippen molar-refractivity contribution in [2.24, 2.45) is 5.11 Å². The van der Waals surface area contributed by atoms with E-state index in [1.807, 2.05) is 33.7 Å². The molecule has 1 aromatic carbocycles. The Bertz CT molecular complexity index is 525. The molecule has 0 spiro atoms. The van der Waals surface area contributed by atoms with Crippen molar-refractivity contribution in [3.8, 4) is 0 Å². The van der Waals surface area contributed by atoms with Crippen LogP contribution in [-0.2, 0) is 0 Å². The predicted octanol–water partition coefficient (Wildman–Crippen LogP) is 2.71. The van der Waals surface area contributed by atoms with Crippen LogP contribution in [0.3, 0.4) is 0 Å². The van der Waals surface area contributed by atoms with Crippen LogP contribution in [0.4, 0.5) is 0 Å². The Morgan fingerprint density at radius 3 is 2.60 bits per heavy atom. The first kappa shape index (κ1) is 13.6. The Kier molecular flexibility index (Phi) is 4.06. The lowest BCUT2D eigenvalue weighted by atomic mass is 9.90. The molecular weight excluding hydrogens is 369 g/mol. The number of hydrogen-bond acceptors (Lipinski definition) is 5. The molecule has 1 aromatic rings. The van der Waals surface area contributed by atoms with Gasteiger partial charge in [0.25, 0.3) is 0 Å². The monoisotopic (exact) mass is 385 g/mol. The molecule has 0 aliphatic carbocycles. The van der Waals surface area contributed by atoms with Gasteiger partial charge in [-0.3, -0.25) is 0 Å². The molecule has 0 radical (unpaired) electrons. The summed E-state index contributed by atoms with van der Waals surface area (Å²) in [7, 11) is 0. The SMILES string of the molecule is [O-][N+]1=NC(I)=CNN1N1CCC(c2ccccc2)CC1. The molecule has 1 fully saturated rings. The van der Waals surface area contributed by atoms with Crippen molar-refractivity contribution < 1.29 is 4.97 Å². The fourth-order valence-electron chi connectivity index (χ4n) is 2.62. The minimum absolute atomic E-state index is 0.574. The van der Waals surface area contributed by atoms with Crippen molar-refractivity contribution in [3.05, 3.63) is 51.0 Å². The van der Waals surface area contributed by atoms with Crippen LogP contribution in [0.2, 0.25) is 0 Å². The van der Waals surface area contributed by atoms with Gasteiger partial charge in [0.15, 0.2) is 3.70 Å². The number of hydrazine groups is 3. The second-order valence-corrected chi connectivity index (χ2v) is 5.98. The first-order valence-corrected chi connectivity index (χ1v) is 7.72. The molecule has 2 heterocycles. The van der Waals surface area contributed by atoms with Crippen LogP contribution in [-0.4, -0.2) is 28.3 Å². The summed E-state index contributed by atoms with van der Waals surface area (Å²) in [6, 6.07) is 10.6. The quantitative estimate of drug-likeness (QED) is 0.368. The second-order valence-electron chi connectivity index (χ2n) is 4.88. The lowest BCUT2D eigenvalue weighted by Crippen LogP contribution is -2.55. The average Bonchev–Trinajstić information content (AvgIpc) is 2.48. The summed E-state index contributed by atoms with van der Waals surface area (Å²) in [6.45, 7) is 1.68. The van der Waals surface area contributed by atoms with Gasteiger partial charge in [0.1, 0.15) is 0 Å². The summed E-state index contributed by atoms with van der Waals surface area (Å²) in [4.78, 5) is 0.602. The van der Waals surface area contributed by atoms with Crippen LogP contribution >= 0.6 is 22.6 Å². The summed E-state index contributed by atoms with van der Waals surface area (Å²) in [5.74, 6) is 0.574. The fourth-order valence-corrected chi connectivity index (χ4v) is 2.94. The van der Waals surface area contributed by atoms with Crippen LogP contribution in [0.1, 0.15) is 24.3 Å². The average molecular weight is 385 g/mol. The third-order valence-corrected chi connectivity index (χ3v) is 4.18. The van der Waals surface area contributed by atoms with Crippen LogP contribution in [0.15, 0.2) is 45.3 Å². The molecule has 2 aliphatic heterocycles. The van der Waals surface area contributed by atoms with Gasteiger partial charge < -0.3 is 5.21 Å². The Balaban J connectivity index is 1.61. The van der Waals surface area contributed by atoms with E-state index in [1.54, 1.807) is 6.20 Å². The van der Waals surface area contributed by atoms with E-state index in [4.69, 9.17) is 0 Å². The Morgan fingerprint density at radius 2 is 1.95 bits per heavy atom. The highest BCUT2D eigenvalue weighted by Crippen LogP contribution is 2.28. The van der Waals surface area contributed by atoms with Crippen molar-refractivity contribution in [2.45, 2.75) is 18.8 Å². The van der Waals surface area contributed by atoms with E-state index in [1.165, 1.54) is 10.8 Å². The van der Waals surface area contributed by atoms with Gasteiger partial charge in [-0.05, 0) is 46.9 Å². The highest BCUT2D eigenvalue weighted by atomic mass is 127. The van der Waals surface area contributed by atoms with Gasteiger partial charge in [-0.2, -0.15) is 0 Å². The molecule has 0 amide bonds. The third kappa shape index (κ3) is 2.88. The number of rotatable bonds is 2. The second kappa shape index (κ2) is 5.96. The minimum Gasteiger partial charge on any atom is -0.569 e. The molecule has 106 valence electrons. The molecule has 0 aromatic heterocycles. The lowest BCUT2D eigenvalue weighted by molar-refractivity contribution is -0.746. The van der Waals surface area contributed by atoms with Gasteiger partial charge in [0.2, 0.25) is 0 Å². The zero-order valence-electron chi connectivity index (χ0n) is 10.9. The summed E-state index contributed by atoms with van der Waals surface area (Å²) in [5, 5.41) is 19.1.